The van der Waals surface area contributed by atoms with E-state index in [1.807, 2.05) is 95.8 Å². The molecular formula is C29H24N3NaO4S. The van der Waals surface area contributed by atoms with E-state index in [1.165, 1.54) is 11.8 Å². The van der Waals surface area contributed by atoms with Gasteiger partial charge in [0.25, 0.3) is 11.9 Å². The maximum atomic E-state index is 12.6. The summed E-state index contributed by atoms with van der Waals surface area (Å²) in [5.74, 6) is -0.306. The topological polar surface area (TPSA) is 92.9 Å². The number of carboxylic acid groups (broad SMARTS) is 1. The number of nitrogens with one attached hydrogen (secondary N) is 1. The Morgan fingerprint density at radius 2 is 1.76 bits per heavy atom. The second-order valence-corrected chi connectivity index (χ2v) is 8.88. The number of rotatable bonds is 6. The van der Waals surface area contributed by atoms with Gasteiger partial charge in [-0.25, -0.2) is 0 Å². The molecule has 1 fully saturated rings. The Bertz CT molecular complexity index is 1420. The van der Waals surface area contributed by atoms with Crippen molar-refractivity contribution in [1.29, 1.82) is 0 Å². The summed E-state index contributed by atoms with van der Waals surface area (Å²) in [6.45, 7) is 1.52. The van der Waals surface area contributed by atoms with Crippen LogP contribution in [0.4, 0.5) is 5.69 Å². The molecule has 7 nitrogen and oxygen atoms in total. The van der Waals surface area contributed by atoms with Gasteiger partial charge in [-0.15, -0.1) is 12.1 Å². The molecule has 186 valence electrons. The van der Waals surface area contributed by atoms with Crippen molar-refractivity contribution < 1.29 is 49.0 Å². The average molecular weight is 534 g/mol. The van der Waals surface area contributed by atoms with Crippen molar-refractivity contribution in [3.63, 3.8) is 0 Å². The number of hydrogen-bond donors (Lipinski definition) is 2. The fraction of sp³-hybridized carbons (Fsp3) is 0.0690. The van der Waals surface area contributed by atoms with E-state index in [2.05, 4.69) is 16.4 Å². The fourth-order valence-corrected chi connectivity index (χ4v) is 4.19. The van der Waals surface area contributed by atoms with Gasteiger partial charge in [0.2, 0.25) is 0 Å². The van der Waals surface area contributed by atoms with Gasteiger partial charge >= 0.3 is 29.6 Å². The van der Waals surface area contributed by atoms with E-state index in [4.69, 9.17) is 14.6 Å². The van der Waals surface area contributed by atoms with Gasteiger partial charge < -0.3 is 19.7 Å². The second-order valence-electron chi connectivity index (χ2n) is 7.85. The van der Waals surface area contributed by atoms with Crippen molar-refractivity contribution in [2.45, 2.75) is 13.5 Å². The molecule has 0 saturated carbocycles. The molecule has 0 aliphatic carbocycles. The molecule has 1 aliphatic heterocycles. The number of aliphatic imine (C=N–C) groups is 1. The molecule has 0 spiro atoms. The number of carbonyl (C=O) groups is 2. The summed E-state index contributed by atoms with van der Waals surface area (Å²) in [6.07, 6.45) is 5.82. The second kappa shape index (κ2) is 14.4. The maximum absolute atomic E-state index is 12.6. The SMILES string of the molecule is CC(=O)O.O=C1NC(=Nc2cc[c-]cc2)S/C1=C/c1ccc(-n2cccc2)cc1OCc1ccccc1.[Na+]. The van der Waals surface area contributed by atoms with E-state index in [1.54, 1.807) is 12.1 Å². The van der Waals surface area contributed by atoms with Crippen molar-refractivity contribution in [3.8, 4) is 11.4 Å². The van der Waals surface area contributed by atoms with E-state index in [0.29, 0.717) is 22.4 Å². The molecule has 0 bridgehead atoms. The van der Waals surface area contributed by atoms with Crippen LogP contribution in [0.5, 0.6) is 5.75 Å². The van der Waals surface area contributed by atoms with Gasteiger partial charge in [-0.05, 0) is 53.4 Å². The summed E-state index contributed by atoms with van der Waals surface area (Å²) >= 11 is 1.31. The number of hydrogen-bond acceptors (Lipinski definition) is 5. The molecule has 0 radical (unpaired) electrons. The third-order valence-corrected chi connectivity index (χ3v) is 5.92. The number of amides is 1. The smallest absolute Gasteiger partial charge is 0.488 e. The first-order valence-electron chi connectivity index (χ1n) is 11.4. The number of thioether (sulfide) groups is 1. The summed E-state index contributed by atoms with van der Waals surface area (Å²) in [6, 6.07) is 30.2. The molecule has 2 N–H and O–H groups in total. The predicted octanol–water partition coefficient (Wildman–Crippen LogP) is 2.84. The zero-order valence-corrected chi connectivity index (χ0v) is 23.8. The van der Waals surface area contributed by atoms with Crippen LogP contribution in [0, 0.1) is 6.07 Å². The molecule has 3 aromatic carbocycles. The van der Waals surface area contributed by atoms with E-state index >= 15 is 0 Å². The van der Waals surface area contributed by atoms with Crippen LogP contribution in [-0.2, 0) is 16.2 Å². The zero-order valence-electron chi connectivity index (χ0n) is 21.0. The molecule has 0 atom stereocenters. The minimum atomic E-state index is -0.833. The molecule has 1 saturated heterocycles. The summed E-state index contributed by atoms with van der Waals surface area (Å²) in [5.41, 5.74) is 3.65. The van der Waals surface area contributed by atoms with Crippen molar-refractivity contribution in [1.82, 2.24) is 9.88 Å². The maximum Gasteiger partial charge on any atom is 1.00 e. The van der Waals surface area contributed by atoms with E-state index in [0.717, 1.165) is 29.4 Å². The van der Waals surface area contributed by atoms with Crippen LogP contribution in [-0.4, -0.2) is 26.7 Å². The van der Waals surface area contributed by atoms with Gasteiger partial charge in [0, 0.05) is 36.6 Å². The van der Waals surface area contributed by atoms with Crippen LogP contribution < -0.4 is 39.6 Å². The number of carbonyl (C=O) groups excluding carboxylic acids is 1. The number of carboxylic acids is 1. The first-order chi connectivity index (χ1) is 18.0. The molecule has 38 heavy (non-hydrogen) atoms. The van der Waals surface area contributed by atoms with Crippen LogP contribution in [0.3, 0.4) is 0 Å². The predicted molar refractivity (Wildman–Crippen MR) is 146 cm³/mol. The van der Waals surface area contributed by atoms with Gasteiger partial charge in [-0.1, -0.05) is 30.3 Å². The van der Waals surface area contributed by atoms with Crippen LogP contribution >= 0.6 is 11.8 Å². The summed E-state index contributed by atoms with van der Waals surface area (Å²) in [7, 11) is 0. The molecule has 2 heterocycles. The Labute approximate surface area is 247 Å². The van der Waals surface area contributed by atoms with Crippen LogP contribution in [0.15, 0.2) is 107 Å². The largest absolute Gasteiger partial charge is 1.00 e. The molecular weight excluding hydrogens is 509 g/mol. The fourth-order valence-electron chi connectivity index (χ4n) is 3.36. The number of nitrogens with zero attached hydrogens (tertiary/aromatic N) is 2. The monoisotopic (exact) mass is 533 g/mol. The van der Waals surface area contributed by atoms with E-state index < -0.39 is 5.97 Å². The molecule has 5 rings (SSSR count). The third-order valence-electron chi connectivity index (χ3n) is 5.01. The third kappa shape index (κ3) is 8.49. The Balaban J connectivity index is 0.000000749. The molecule has 4 aromatic rings. The van der Waals surface area contributed by atoms with E-state index in [-0.39, 0.29) is 35.5 Å². The van der Waals surface area contributed by atoms with Crippen molar-refractivity contribution >= 4 is 40.6 Å². The van der Waals surface area contributed by atoms with Crippen molar-refractivity contribution in [2.24, 2.45) is 4.99 Å². The summed E-state index contributed by atoms with van der Waals surface area (Å²) in [5, 5.41) is 10.8. The minimum Gasteiger partial charge on any atom is -0.488 e. The Hall–Kier alpha value is -3.56. The number of ether oxygens (including phenoxy) is 1. The molecule has 1 amide bonds. The molecule has 1 aliphatic rings. The molecule has 9 heteroatoms. The first-order valence-corrected chi connectivity index (χ1v) is 12.2. The van der Waals surface area contributed by atoms with Gasteiger partial charge in [-0.2, -0.15) is 18.2 Å². The summed E-state index contributed by atoms with van der Waals surface area (Å²) in [4.78, 5) is 26.7. The van der Waals surface area contributed by atoms with Crippen molar-refractivity contribution in [3.05, 3.63) is 119 Å². The minimum absolute atomic E-state index is 0. The number of amidine groups is 1. The molecule has 1 aromatic heterocycles. The summed E-state index contributed by atoms with van der Waals surface area (Å²) < 4.78 is 8.22. The number of aliphatic carboxylic acids is 1. The Morgan fingerprint density at radius 1 is 1.08 bits per heavy atom. The normalized spacial score (nSPS) is 14.3. The van der Waals surface area contributed by atoms with Crippen LogP contribution in [0.1, 0.15) is 18.1 Å². The van der Waals surface area contributed by atoms with Gasteiger partial charge in [0.05, 0.1) is 4.91 Å². The number of benzene rings is 3. The van der Waals surface area contributed by atoms with Gasteiger partial charge in [0.15, 0.2) is 5.17 Å². The van der Waals surface area contributed by atoms with Crippen molar-refractivity contribution in [2.75, 3.05) is 0 Å². The quantitative estimate of drug-likeness (QED) is 0.226. The van der Waals surface area contributed by atoms with E-state index in [9.17, 15) is 4.79 Å². The van der Waals surface area contributed by atoms with Crippen LogP contribution in [0.25, 0.3) is 11.8 Å². The zero-order chi connectivity index (χ0) is 26.0. The Morgan fingerprint density at radius 3 is 2.45 bits per heavy atom. The van der Waals surface area contributed by atoms with Gasteiger partial charge in [-0.3, -0.25) is 14.6 Å². The first kappa shape index (κ1) is 29.0. The van der Waals surface area contributed by atoms with Crippen LogP contribution in [0.2, 0.25) is 0 Å². The molecule has 0 unspecified atom stereocenters. The average Bonchev–Trinajstić information content (AvgIpc) is 3.55. The Kier molecular flexibility index (Phi) is 11.0. The van der Waals surface area contributed by atoms with Gasteiger partial charge in [0.1, 0.15) is 12.4 Å². The number of aromatic nitrogens is 1. The standard InChI is InChI=1S/C27H20N3O2S.C2H4O2.Na/c31-26-25(33-27(29-26)28-22-11-5-2-6-12-22)17-21-13-14-23(30-15-7-8-16-30)18-24(21)32-19-20-9-3-1-4-10-20;1-2(3)4;/h1,3-18H,19H2,(H,28,29,31);1H3,(H,3,4);/q-1;;+1/b25-17+;;.